The lowest BCUT2D eigenvalue weighted by molar-refractivity contribution is 0.101. The molecule has 0 spiro atoms. The second kappa shape index (κ2) is 6.96. The van der Waals surface area contributed by atoms with Gasteiger partial charge in [0.1, 0.15) is 5.76 Å². The summed E-state index contributed by atoms with van der Waals surface area (Å²) >= 11 is 6.18. The topological polar surface area (TPSA) is 73.0 Å². The van der Waals surface area contributed by atoms with Gasteiger partial charge in [-0.25, -0.2) is 0 Å². The van der Waals surface area contributed by atoms with E-state index in [-0.39, 0.29) is 5.91 Å². The van der Waals surface area contributed by atoms with Gasteiger partial charge in [0.05, 0.1) is 18.4 Å². The molecule has 2 aromatic heterocycles. The Hall–Kier alpha value is -2.60. The van der Waals surface area contributed by atoms with Crippen molar-refractivity contribution in [3.63, 3.8) is 0 Å². The first-order valence-electron chi connectivity index (χ1n) is 8.65. The lowest BCUT2D eigenvalue weighted by atomic mass is 9.88. The van der Waals surface area contributed by atoms with Gasteiger partial charge < -0.3 is 9.84 Å². The number of fused-ring (bicyclic) bond motifs is 1. The maximum absolute atomic E-state index is 12.6. The zero-order valence-electron chi connectivity index (χ0n) is 14.4. The molecule has 0 fully saturated rings. The molecule has 7 heteroatoms. The number of amides is 1. The van der Waals surface area contributed by atoms with Crippen molar-refractivity contribution in [3.8, 4) is 0 Å². The molecule has 1 unspecified atom stereocenters. The first-order valence-corrected chi connectivity index (χ1v) is 9.02. The molecule has 2 heterocycles. The fraction of sp³-hybridized carbons (Fsp3) is 0.316. The number of rotatable bonds is 4. The molecule has 26 heavy (non-hydrogen) atoms. The molecule has 1 aromatic carbocycles. The van der Waals surface area contributed by atoms with Crippen molar-refractivity contribution in [2.75, 3.05) is 5.32 Å². The van der Waals surface area contributed by atoms with Gasteiger partial charge in [-0.3, -0.25) is 9.48 Å². The Morgan fingerprint density at radius 1 is 1.42 bits per heavy atom. The standard InChI is InChI=1S/C19H19ClN4O2/c1-12-6-7-17-15(8-12)18(23-26-17)19(25)22-14-9-21-24(11-14)10-13-4-2-3-5-16(13)20/h2-5,9,11-12H,6-8,10H2,1H3,(H,22,25). The van der Waals surface area contributed by atoms with Gasteiger partial charge in [0, 0.05) is 23.2 Å². The van der Waals surface area contributed by atoms with Crippen LogP contribution in [0, 0.1) is 5.92 Å². The van der Waals surface area contributed by atoms with Crippen LogP contribution in [0.4, 0.5) is 5.69 Å². The summed E-state index contributed by atoms with van der Waals surface area (Å²) in [6, 6.07) is 7.62. The van der Waals surface area contributed by atoms with Gasteiger partial charge in [-0.1, -0.05) is 41.9 Å². The fourth-order valence-corrected chi connectivity index (χ4v) is 3.46. The number of hydrogen-bond acceptors (Lipinski definition) is 4. The smallest absolute Gasteiger partial charge is 0.278 e. The molecule has 134 valence electrons. The van der Waals surface area contributed by atoms with Crippen molar-refractivity contribution in [1.29, 1.82) is 0 Å². The molecule has 4 rings (SSSR count). The summed E-state index contributed by atoms with van der Waals surface area (Å²) < 4.78 is 7.08. The predicted molar refractivity (Wildman–Crippen MR) is 98.4 cm³/mol. The highest BCUT2D eigenvalue weighted by Crippen LogP contribution is 2.28. The summed E-state index contributed by atoms with van der Waals surface area (Å²) in [5.41, 5.74) is 2.90. The Morgan fingerprint density at radius 3 is 3.12 bits per heavy atom. The number of benzene rings is 1. The van der Waals surface area contributed by atoms with Crippen LogP contribution in [0.1, 0.15) is 40.7 Å². The van der Waals surface area contributed by atoms with Gasteiger partial charge >= 0.3 is 0 Å². The molecule has 1 atom stereocenters. The first-order chi connectivity index (χ1) is 12.6. The zero-order chi connectivity index (χ0) is 18.1. The van der Waals surface area contributed by atoms with Crippen molar-refractivity contribution in [2.45, 2.75) is 32.7 Å². The SMILES string of the molecule is CC1CCc2onc(C(=O)Nc3cnn(Cc4ccccc4Cl)c3)c2C1. The van der Waals surface area contributed by atoms with Crippen LogP contribution in [0.15, 0.2) is 41.2 Å². The third kappa shape index (κ3) is 3.37. The number of carbonyl (C=O) groups is 1. The van der Waals surface area contributed by atoms with Crippen molar-refractivity contribution >= 4 is 23.2 Å². The third-order valence-electron chi connectivity index (χ3n) is 4.68. The highest BCUT2D eigenvalue weighted by molar-refractivity contribution is 6.31. The summed E-state index contributed by atoms with van der Waals surface area (Å²) in [5, 5.41) is 11.8. The molecule has 0 aliphatic heterocycles. The van der Waals surface area contributed by atoms with Crippen LogP contribution in [0.25, 0.3) is 0 Å². The van der Waals surface area contributed by atoms with Gasteiger partial charge in [-0.05, 0) is 30.4 Å². The molecule has 0 saturated heterocycles. The van der Waals surface area contributed by atoms with E-state index in [0.29, 0.717) is 28.9 Å². The van der Waals surface area contributed by atoms with Crippen molar-refractivity contribution in [2.24, 2.45) is 5.92 Å². The Labute approximate surface area is 156 Å². The van der Waals surface area contributed by atoms with Crippen LogP contribution < -0.4 is 5.32 Å². The molecular weight excluding hydrogens is 352 g/mol. The van der Waals surface area contributed by atoms with E-state index in [1.54, 1.807) is 17.1 Å². The quantitative estimate of drug-likeness (QED) is 0.754. The minimum absolute atomic E-state index is 0.263. The Morgan fingerprint density at radius 2 is 2.27 bits per heavy atom. The summed E-state index contributed by atoms with van der Waals surface area (Å²) in [5.74, 6) is 1.11. The van der Waals surface area contributed by atoms with E-state index in [4.69, 9.17) is 16.1 Å². The van der Waals surface area contributed by atoms with Crippen LogP contribution >= 0.6 is 11.6 Å². The Balaban J connectivity index is 1.47. The van der Waals surface area contributed by atoms with Gasteiger partial charge in [0.2, 0.25) is 0 Å². The van der Waals surface area contributed by atoms with E-state index in [2.05, 4.69) is 22.5 Å². The first kappa shape index (κ1) is 16.8. The van der Waals surface area contributed by atoms with Crippen molar-refractivity contribution in [3.05, 3.63) is 64.3 Å². The third-order valence-corrected chi connectivity index (χ3v) is 5.05. The maximum Gasteiger partial charge on any atom is 0.278 e. The number of hydrogen-bond donors (Lipinski definition) is 1. The number of aromatic nitrogens is 3. The summed E-state index contributed by atoms with van der Waals surface area (Å²) in [4.78, 5) is 12.6. The number of anilines is 1. The fourth-order valence-electron chi connectivity index (χ4n) is 3.26. The van der Waals surface area contributed by atoms with E-state index in [1.165, 1.54) is 0 Å². The highest BCUT2D eigenvalue weighted by atomic mass is 35.5. The van der Waals surface area contributed by atoms with E-state index in [1.807, 2.05) is 24.3 Å². The summed E-state index contributed by atoms with van der Waals surface area (Å²) in [7, 11) is 0. The minimum Gasteiger partial charge on any atom is -0.360 e. The van der Waals surface area contributed by atoms with Crippen LogP contribution in [0.5, 0.6) is 0 Å². The molecule has 1 amide bonds. The molecule has 0 bridgehead atoms. The van der Waals surface area contributed by atoms with E-state index < -0.39 is 0 Å². The molecular formula is C19H19ClN4O2. The van der Waals surface area contributed by atoms with Crippen LogP contribution in [-0.4, -0.2) is 20.8 Å². The lowest BCUT2D eigenvalue weighted by Crippen LogP contribution is -2.17. The van der Waals surface area contributed by atoms with E-state index in [9.17, 15) is 4.79 Å². The Bertz CT molecular complexity index is 947. The number of nitrogens with one attached hydrogen (secondary N) is 1. The summed E-state index contributed by atoms with van der Waals surface area (Å²) in [6.07, 6.45) is 6.12. The van der Waals surface area contributed by atoms with Crippen LogP contribution in [-0.2, 0) is 19.4 Å². The largest absolute Gasteiger partial charge is 0.360 e. The normalized spacial score (nSPS) is 16.3. The minimum atomic E-state index is -0.263. The van der Waals surface area contributed by atoms with Gasteiger partial charge in [-0.15, -0.1) is 0 Å². The monoisotopic (exact) mass is 370 g/mol. The number of aryl methyl sites for hydroxylation is 1. The molecule has 3 aromatic rings. The lowest BCUT2D eigenvalue weighted by Gasteiger charge is -2.16. The number of halogens is 1. The average Bonchev–Trinajstić information content (AvgIpc) is 3.23. The molecule has 1 aliphatic rings. The number of nitrogens with zero attached hydrogens (tertiary/aromatic N) is 3. The molecule has 1 aliphatic carbocycles. The maximum atomic E-state index is 12.6. The molecule has 0 radical (unpaired) electrons. The molecule has 0 saturated carbocycles. The van der Waals surface area contributed by atoms with Gasteiger partial charge in [-0.2, -0.15) is 5.10 Å². The highest BCUT2D eigenvalue weighted by Gasteiger charge is 2.27. The number of carbonyl (C=O) groups excluding carboxylic acids is 1. The molecule has 1 N–H and O–H groups in total. The summed E-state index contributed by atoms with van der Waals surface area (Å²) in [6.45, 7) is 2.71. The molecule has 6 nitrogen and oxygen atoms in total. The van der Waals surface area contributed by atoms with Crippen LogP contribution in [0.2, 0.25) is 5.02 Å². The van der Waals surface area contributed by atoms with E-state index in [0.717, 1.165) is 36.1 Å². The Kier molecular flexibility index (Phi) is 4.51. The second-order valence-electron chi connectivity index (χ2n) is 6.75. The van der Waals surface area contributed by atoms with Gasteiger partial charge in [0.15, 0.2) is 5.69 Å². The second-order valence-corrected chi connectivity index (χ2v) is 7.16. The van der Waals surface area contributed by atoms with Crippen molar-refractivity contribution < 1.29 is 9.32 Å². The van der Waals surface area contributed by atoms with Crippen LogP contribution in [0.3, 0.4) is 0 Å². The average molecular weight is 371 g/mol. The van der Waals surface area contributed by atoms with Gasteiger partial charge in [0.25, 0.3) is 5.91 Å². The predicted octanol–water partition coefficient (Wildman–Crippen LogP) is 3.95. The van der Waals surface area contributed by atoms with Crippen molar-refractivity contribution in [1.82, 2.24) is 14.9 Å². The van der Waals surface area contributed by atoms with E-state index >= 15 is 0 Å². The zero-order valence-corrected chi connectivity index (χ0v) is 15.2.